The molecule has 0 saturated heterocycles. The number of ether oxygens (including phenoxy) is 1. The van der Waals surface area contributed by atoms with Crippen molar-refractivity contribution in [1.29, 1.82) is 0 Å². The number of benzene rings is 2. The van der Waals surface area contributed by atoms with Crippen molar-refractivity contribution in [3.63, 3.8) is 0 Å². The predicted molar refractivity (Wildman–Crippen MR) is 94.8 cm³/mol. The summed E-state index contributed by atoms with van der Waals surface area (Å²) in [5.41, 5.74) is 2.71. The summed E-state index contributed by atoms with van der Waals surface area (Å²) in [6.45, 7) is 2.20. The fraction of sp³-hybridized carbons (Fsp3) is 0.118. The summed E-state index contributed by atoms with van der Waals surface area (Å²) in [4.78, 5) is 12.4. The molecule has 0 aliphatic rings. The van der Waals surface area contributed by atoms with Crippen molar-refractivity contribution in [2.24, 2.45) is 0 Å². The highest BCUT2D eigenvalue weighted by Crippen LogP contribution is 2.22. The van der Waals surface area contributed by atoms with Gasteiger partial charge in [-0.3, -0.25) is 4.79 Å². The van der Waals surface area contributed by atoms with Crippen molar-refractivity contribution in [3.05, 3.63) is 70.5 Å². The largest absolute Gasteiger partial charge is 0.487 e. The molecule has 3 aromatic rings. The molecule has 2 aromatic carbocycles. The quantitative estimate of drug-likeness (QED) is 0.736. The summed E-state index contributed by atoms with van der Waals surface area (Å²) in [6, 6.07) is 14.0. The Balaban J connectivity index is 1.69. The number of amides is 1. The first-order chi connectivity index (χ1) is 11.6. The zero-order valence-corrected chi connectivity index (χ0v) is 14.4. The van der Waals surface area contributed by atoms with Crippen molar-refractivity contribution in [2.45, 2.75) is 13.5 Å². The fourth-order valence-corrected chi connectivity index (χ4v) is 2.75. The number of hydrogen-bond donors (Lipinski definition) is 1. The van der Waals surface area contributed by atoms with Gasteiger partial charge in [-0.25, -0.2) is 0 Å². The molecule has 1 heterocycles. The van der Waals surface area contributed by atoms with Gasteiger partial charge in [0.05, 0.1) is 28.1 Å². The van der Waals surface area contributed by atoms with Crippen LogP contribution in [0.4, 0.5) is 5.69 Å². The molecule has 3 rings (SSSR count). The van der Waals surface area contributed by atoms with Gasteiger partial charge in [-0.15, -0.1) is 0 Å². The number of carbonyl (C=O) groups excluding carboxylic acids is 1. The molecule has 0 spiro atoms. The third-order valence-corrected chi connectivity index (χ3v) is 4.33. The summed E-state index contributed by atoms with van der Waals surface area (Å²) in [6.07, 6.45) is 0. The van der Waals surface area contributed by atoms with Gasteiger partial charge in [-0.05, 0) is 37.3 Å². The number of para-hydroxylation sites is 1. The van der Waals surface area contributed by atoms with E-state index in [4.69, 9.17) is 16.3 Å². The maximum Gasteiger partial charge on any atom is 0.255 e. The Kier molecular flexibility index (Phi) is 5.08. The molecule has 7 heteroatoms. The van der Waals surface area contributed by atoms with Crippen LogP contribution in [0, 0.1) is 6.92 Å². The van der Waals surface area contributed by atoms with E-state index >= 15 is 0 Å². The second-order valence-electron chi connectivity index (χ2n) is 5.05. The van der Waals surface area contributed by atoms with Crippen LogP contribution >= 0.6 is 23.3 Å². The normalized spacial score (nSPS) is 10.4. The summed E-state index contributed by atoms with van der Waals surface area (Å²) in [5, 5.41) is 3.28. The van der Waals surface area contributed by atoms with Crippen LogP contribution in [0.15, 0.2) is 48.5 Å². The maximum atomic E-state index is 12.4. The minimum Gasteiger partial charge on any atom is -0.487 e. The van der Waals surface area contributed by atoms with Gasteiger partial charge in [-0.1, -0.05) is 29.8 Å². The van der Waals surface area contributed by atoms with Crippen molar-refractivity contribution in [1.82, 2.24) is 8.75 Å². The molecule has 0 saturated carbocycles. The molecule has 1 amide bonds. The van der Waals surface area contributed by atoms with Gasteiger partial charge in [0.1, 0.15) is 18.1 Å². The molecule has 0 atom stereocenters. The van der Waals surface area contributed by atoms with Gasteiger partial charge in [0.2, 0.25) is 0 Å². The monoisotopic (exact) mass is 359 g/mol. The molecule has 0 radical (unpaired) electrons. The number of aromatic nitrogens is 2. The Bertz CT molecular complexity index is 866. The van der Waals surface area contributed by atoms with Crippen LogP contribution in [0.25, 0.3) is 0 Å². The number of anilines is 1. The third-order valence-electron chi connectivity index (χ3n) is 3.34. The highest BCUT2D eigenvalue weighted by atomic mass is 35.5. The van der Waals surface area contributed by atoms with Gasteiger partial charge in [0.15, 0.2) is 0 Å². The molecule has 5 nitrogen and oxygen atoms in total. The molecule has 122 valence electrons. The smallest absolute Gasteiger partial charge is 0.255 e. The van der Waals surface area contributed by atoms with Crippen LogP contribution in [-0.2, 0) is 6.61 Å². The molecule has 0 aliphatic carbocycles. The zero-order chi connectivity index (χ0) is 16.9. The highest BCUT2D eigenvalue weighted by Gasteiger charge is 2.10. The Morgan fingerprint density at radius 3 is 2.79 bits per heavy atom. The summed E-state index contributed by atoms with van der Waals surface area (Å²) < 4.78 is 14.0. The lowest BCUT2D eigenvalue weighted by Crippen LogP contribution is -2.12. The van der Waals surface area contributed by atoms with Gasteiger partial charge >= 0.3 is 0 Å². The molecule has 1 aromatic heterocycles. The van der Waals surface area contributed by atoms with Crippen molar-refractivity contribution in [3.8, 4) is 5.75 Å². The summed E-state index contributed by atoms with van der Waals surface area (Å²) >= 11 is 7.21. The Hall–Kier alpha value is -2.44. The lowest BCUT2D eigenvalue weighted by molar-refractivity contribution is 0.102. The summed E-state index contributed by atoms with van der Waals surface area (Å²) in [7, 11) is 0. The van der Waals surface area contributed by atoms with E-state index in [0.29, 0.717) is 28.6 Å². The molecule has 0 fully saturated rings. The second-order valence-corrected chi connectivity index (χ2v) is 5.98. The first-order valence-corrected chi connectivity index (χ1v) is 8.31. The number of halogens is 1. The Morgan fingerprint density at radius 1 is 1.21 bits per heavy atom. The van der Waals surface area contributed by atoms with Crippen LogP contribution in [0.5, 0.6) is 5.75 Å². The third kappa shape index (κ3) is 3.90. The number of hydrogen-bond acceptors (Lipinski definition) is 5. The van der Waals surface area contributed by atoms with E-state index in [1.165, 1.54) is 0 Å². The molecule has 1 N–H and O–H groups in total. The van der Waals surface area contributed by atoms with E-state index in [2.05, 4.69) is 14.1 Å². The van der Waals surface area contributed by atoms with Crippen LogP contribution < -0.4 is 10.1 Å². The SMILES string of the molecule is Cc1nsnc1COc1cccc(C(=O)Nc2ccccc2Cl)c1. The minimum absolute atomic E-state index is 0.250. The number of carbonyl (C=O) groups is 1. The molecule has 24 heavy (non-hydrogen) atoms. The van der Waals surface area contributed by atoms with Crippen LogP contribution in [0.1, 0.15) is 21.7 Å². The van der Waals surface area contributed by atoms with Crippen LogP contribution in [0.2, 0.25) is 5.02 Å². The van der Waals surface area contributed by atoms with E-state index in [0.717, 1.165) is 23.1 Å². The zero-order valence-electron chi connectivity index (χ0n) is 12.8. The highest BCUT2D eigenvalue weighted by molar-refractivity contribution is 6.99. The number of nitrogens with one attached hydrogen (secondary N) is 1. The topological polar surface area (TPSA) is 64.1 Å². The molecule has 0 bridgehead atoms. The summed E-state index contributed by atoms with van der Waals surface area (Å²) in [5.74, 6) is 0.342. The van der Waals surface area contributed by atoms with Crippen molar-refractivity contribution >= 4 is 34.9 Å². The number of aryl methyl sites for hydroxylation is 1. The lowest BCUT2D eigenvalue weighted by Gasteiger charge is -2.09. The average Bonchev–Trinajstić information content (AvgIpc) is 3.00. The molecular weight excluding hydrogens is 346 g/mol. The van der Waals surface area contributed by atoms with Crippen molar-refractivity contribution in [2.75, 3.05) is 5.32 Å². The molecular formula is C17H14ClN3O2S. The van der Waals surface area contributed by atoms with E-state index in [1.54, 1.807) is 36.4 Å². The minimum atomic E-state index is -0.250. The first kappa shape index (κ1) is 16.4. The first-order valence-electron chi connectivity index (χ1n) is 7.20. The van der Waals surface area contributed by atoms with E-state index < -0.39 is 0 Å². The van der Waals surface area contributed by atoms with Crippen LogP contribution in [0.3, 0.4) is 0 Å². The van der Waals surface area contributed by atoms with Crippen LogP contribution in [-0.4, -0.2) is 14.7 Å². The van der Waals surface area contributed by atoms with E-state index in [-0.39, 0.29) is 5.91 Å². The average molecular weight is 360 g/mol. The van der Waals surface area contributed by atoms with E-state index in [9.17, 15) is 4.79 Å². The molecule has 0 aliphatic heterocycles. The standard InChI is InChI=1S/C17H14ClN3O2S/c1-11-16(21-24-20-11)10-23-13-6-4-5-12(9-13)17(22)19-15-8-3-2-7-14(15)18/h2-9H,10H2,1H3,(H,19,22). The fourth-order valence-electron chi connectivity index (χ4n) is 2.02. The van der Waals surface area contributed by atoms with Gasteiger partial charge in [-0.2, -0.15) is 8.75 Å². The number of nitrogens with zero attached hydrogens (tertiary/aromatic N) is 2. The predicted octanol–water partition coefficient (Wildman–Crippen LogP) is 4.33. The van der Waals surface area contributed by atoms with Gasteiger partial charge < -0.3 is 10.1 Å². The maximum absolute atomic E-state index is 12.4. The Morgan fingerprint density at radius 2 is 2.04 bits per heavy atom. The van der Waals surface area contributed by atoms with Gasteiger partial charge in [0.25, 0.3) is 5.91 Å². The number of rotatable bonds is 5. The Labute approximate surface area is 148 Å². The van der Waals surface area contributed by atoms with E-state index in [1.807, 2.05) is 19.1 Å². The molecule has 0 unspecified atom stereocenters. The second kappa shape index (κ2) is 7.42. The van der Waals surface area contributed by atoms with Crippen molar-refractivity contribution < 1.29 is 9.53 Å². The lowest BCUT2D eigenvalue weighted by atomic mass is 10.2. The van der Waals surface area contributed by atoms with Gasteiger partial charge in [0, 0.05) is 5.56 Å².